The molecule has 2 aromatic carbocycles. The van der Waals surface area contributed by atoms with Gasteiger partial charge in [0.1, 0.15) is 23.9 Å². The minimum absolute atomic E-state index is 0.00363. The molecule has 31 heavy (non-hydrogen) atoms. The third kappa shape index (κ3) is 4.07. The molecule has 0 aliphatic carbocycles. The lowest BCUT2D eigenvalue weighted by Crippen LogP contribution is -2.38. The summed E-state index contributed by atoms with van der Waals surface area (Å²) in [6, 6.07) is 12.6. The molecule has 1 aliphatic rings. The largest absolute Gasteiger partial charge is 0.322 e. The number of carbonyl (C=O) groups excluding carboxylic acids is 2. The Hall–Kier alpha value is -3.88. The molecule has 0 radical (unpaired) electrons. The summed E-state index contributed by atoms with van der Waals surface area (Å²) < 4.78 is 27.6. The van der Waals surface area contributed by atoms with Crippen molar-refractivity contribution in [3.05, 3.63) is 87.8 Å². The number of benzene rings is 2. The van der Waals surface area contributed by atoms with E-state index < -0.39 is 35.6 Å². The molecule has 9 heteroatoms. The molecule has 1 aromatic heterocycles. The summed E-state index contributed by atoms with van der Waals surface area (Å²) in [4.78, 5) is 39.1. The van der Waals surface area contributed by atoms with Gasteiger partial charge in [0.25, 0.3) is 11.5 Å². The highest BCUT2D eigenvalue weighted by Gasteiger charge is 2.32. The molecule has 2 amide bonds. The van der Waals surface area contributed by atoms with Crippen molar-refractivity contribution in [1.82, 2.24) is 9.78 Å². The van der Waals surface area contributed by atoms with Crippen molar-refractivity contribution < 1.29 is 18.4 Å². The van der Waals surface area contributed by atoms with Gasteiger partial charge in [-0.2, -0.15) is 5.10 Å². The first-order valence-corrected chi connectivity index (χ1v) is 9.58. The van der Waals surface area contributed by atoms with E-state index in [2.05, 4.69) is 10.4 Å². The Bertz CT molecular complexity index is 1240. The van der Waals surface area contributed by atoms with E-state index in [9.17, 15) is 23.2 Å². The van der Waals surface area contributed by atoms with Gasteiger partial charge in [-0.3, -0.25) is 14.4 Å². The Morgan fingerprint density at radius 3 is 2.68 bits per heavy atom. The first-order chi connectivity index (χ1) is 14.8. The van der Waals surface area contributed by atoms with E-state index in [0.717, 1.165) is 34.1 Å². The smallest absolute Gasteiger partial charge is 0.278 e. The van der Waals surface area contributed by atoms with E-state index in [1.807, 2.05) is 31.2 Å². The summed E-state index contributed by atoms with van der Waals surface area (Å²) in [6.07, 6.45) is 0.702. The number of amides is 2. The Kier molecular flexibility index (Phi) is 5.33. The SMILES string of the molecule is C[C@@H]1Cc2ccccc2N1C(=O)c1ccc(=O)n(CC(=O)Nc2ccc(F)cc2F)n1. The second-order valence-corrected chi connectivity index (χ2v) is 7.24. The number of aromatic nitrogens is 2. The summed E-state index contributed by atoms with van der Waals surface area (Å²) in [5.74, 6) is -2.86. The molecule has 1 atom stereocenters. The number of carbonyl (C=O) groups is 2. The maximum atomic E-state index is 13.7. The highest BCUT2D eigenvalue weighted by atomic mass is 19.1. The van der Waals surface area contributed by atoms with Crippen molar-refractivity contribution in [3.63, 3.8) is 0 Å². The van der Waals surface area contributed by atoms with Crippen LogP contribution in [0.4, 0.5) is 20.2 Å². The molecule has 3 aromatic rings. The second-order valence-electron chi connectivity index (χ2n) is 7.24. The number of anilines is 2. The van der Waals surface area contributed by atoms with Crippen molar-refractivity contribution in [1.29, 1.82) is 0 Å². The lowest BCUT2D eigenvalue weighted by atomic mass is 10.1. The summed E-state index contributed by atoms with van der Waals surface area (Å²) in [5, 5.41) is 6.30. The van der Waals surface area contributed by atoms with Crippen LogP contribution in [0.1, 0.15) is 23.0 Å². The second kappa shape index (κ2) is 8.10. The molecule has 4 rings (SSSR count). The summed E-state index contributed by atoms with van der Waals surface area (Å²) in [6.45, 7) is 1.38. The van der Waals surface area contributed by atoms with E-state index in [1.165, 1.54) is 6.07 Å². The molecule has 7 nitrogen and oxygen atoms in total. The van der Waals surface area contributed by atoms with Gasteiger partial charge in [0, 0.05) is 23.9 Å². The lowest BCUT2D eigenvalue weighted by Gasteiger charge is -2.22. The molecule has 0 saturated carbocycles. The highest BCUT2D eigenvalue weighted by Crippen LogP contribution is 2.32. The molecule has 1 N–H and O–H groups in total. The fraction of sp³-hybridized carbons (Fsp3) is 0.182. The van der Waals surface area contributed by atoms with Crippen LogP contribution < -0.4 is 15.8 Å². The first-order valence-electron chi connectivity index (χ1n) is 9.58. The zero-order valence-corrected chi connectivity index (χ0v) is 16.5. The van der Waals surface area contributed by atoms with Crippen molar-refractivity contribution in [3.8, 4) is 0 Å². The molecule has 2 heterocycles. The van der Waals surface area contributed by atoms with Crippen LogP contribution in [0.25, 0.3) is 0 Å². The predicted octanol–water partition coefficient (Wildman–Crippen LogP) is 2.75. The number of nitrogens with zero attached hydrogens (tertiary/aromatic N) is 3. The topological polar surface area (TPSA) is 84.3 Å². The van der Waals surface area contributed by atoms with Gasteiger partial charge < -0.3 is 10.2 Å². The van der Waals surface area contributed by atoms with Gasteiger partial charge in [0.2, 0.25) is 5.91 Å². The van der Waals surface area contributed by atoms with Gasteiger partial charge in [0.15, 0.2) is 0 Å². The minimum atomic E-state index is -0.945. The number of hydrogen-bond donors (Lipinski definition) is 1. The number of halogens is 2. The van der Waals surface area contributed by atoms with Crippen LogP contribution >= 0.6 is 0 Å². The number of rotatable bonds is 4. The maximum absolute atomic E-state index is 13.7. The van der Waals surface area contributed by atoms with E-state index in [4.69, 9.17) is 0 Å². The molecule has 0 spiro atoms. The lowest BCUT2D eigenvalue weighted by molar-refractivity contribution is -0.117. The van der Waals surface area contributed by atoms with Crippen LogP contribution in [0.2, 0.25) is 0 Å². The van der Waals surface area contributed by atoms with Crippen LogP contribution in [-0.2, 0) is 17.8 Å². The standard InChI is InChI=1S/C22H18F2N4O3/c1-13-10-14-4-2-3-5-19(14)28(13)22(31)18-8-9-21(30)27(26-18)12-20(29)25-17-7-6-15(23)11-16(17)24/h2-9,11,13H,10,12H2,1H3,(H,25,29)/t13-/m1/s1. The number of fused-ring (bicyclic) bond motifs is 1. The maximum Gasteiger partial charge on any atom is 0.278 e. The average molecular weight is 424 g/mol. The van der Waals surface area contributed by atoms with Crippen molar-refractivity contribution >= 4 is 23.2 Å². The first kappa shape index (κ1) is 20.4. The van der Waals surface area contributed by atoms with E-state index in [1.54, 1.807) is 4.90 Å². The monoisotopic (exact) mass is 424 g/mol. The fourth-order valence-corrected chi connectivity index (χ4v) is 3.59. The zero-order chi connectivity index (χ0) is 22.1. The third-order valence-corrected chi connectivity index (χ3v) is 5.01. The quantitative estimate of drug-likeness (QED) is 0.698. The molecule has 0 fully saturated rings. The molecule has 0 bridgehead atoms. The molecular weight excluding hydrogens is 406 g/mol. The van der Waals surface area contributed by atoms with Gasteiger partial charge in [0.05, 0.1) is 5.69 Å². The number of hydrogen-bond acceptors (Lipinski definition) is 4. The molecule has 0 unspecified atom stereocenters. The van der Waals surface area contributed by atoms with Crippen molar-refractivity contribution in [2.24, 2.45) is 0 Å². The van der Waals surface area contributed by atoms with Gasteiger partial charge in [-0.25, -0.2) is 13.5 Å². The minimum Gasteiger partial charge on any atom is -0.322 e. The van der Waals surface area contributed by atoms with Gasteiger partial charge in [-0.1, -0.05) is 18.2 Å². The normalized spacial score (nSPS) is 14.9. The van der Waals surface area contributed by atoms with E-state index in [-0.39, 0.29) is 17.4 Å². The van der Waals surface area contributed by atoms with Gasteiger partial charge in [-0.05, 0) is 43.2 Å². The molecule has 1 aliphatic heterocycles. The molecular formula is C22H18F2N4O3. The summed E-state index contributed by atoms with van der Waals surface area (Å²) in [7, 11) is 0. The van der Waals surface area contributed by atoms with Crippen LogP contribution in [-0.4, -0.2) is 27.6 Å². The average Bonchev–Trinajstić information content (AvgIpc) is 3.07. The van der Waals surface area contributed by atoms with Crippen LogP contribution in [0, 0.1) is 11.6 Å². The van der Waals surface area contributed by atoms with E-state index in [0.29, 0.717) is 12.5 Å². The number of nitrogens with one attached hydrogen (secondary N) is 1. The van der Waals surface area contributed by atoms with Gasteiger partial charge >= 0.3 is 0 Å². The zero-order valence-electron chi connectivity index (χ0n) is 16.5. The van der Waals surface area contributed by atoms with Gasteiger partial charge in [-0.15, -0.1) is 0 Å². The summed E-state index contributed by atoms with van der Waals surface area (Å²) in [5.41, 5.74) is 1.00. The Labute approximate surface area is 175 Å². The van der Waals surface area contributed by atoms with Crippen LogP contribution in [0.15, 0.2) is 59.4 Å². The third-order valence-electron chi connectivity index (χ3n) is 5.01. The van der Waals surface area contributed by atoms with Crippen LogP contribution in [0.3, 0.4) is 0 Å². The Balaban J connectivity index is 1.55. The highest BCUT2D eigenvalue weighted by molar-refractivity contribution is 6.06. The number of para-hydroxylation sites is 1. The Morgan fingerprint density at radius 2 is 1.90 bits per heavy atom. The predicted molar refractivity (Wildman–Crippen MR) is 110 cm³/mol. The summed E-state index contributed by atoms with van der Waals surface area (Å²) >= 11 is 0. The fourth-order valence-electron chi connectivity index (χ4n) is 3.59. The van der Waals surface area contributed by atoms with Crippen LogP contribution in [0.5, 0.6) is 0 Å². The van der Waals surface area contributed by atoms with Crippen molar-refractivity contribution in [2.75, 3.05) is 10.2 Å². The Morgan fingerprint density at radius 1 is 1.13 bits per heavy atom. The van der Waals surface area contributed by atoms with Crippen molar-refractivity contribution in [2.45, 2.75) is 25.9 Å². The van der Waals surface area contributed by atoms with E-state index >= 15 is 0 Å². The molecule has 0 saturated heterocycles. The molecule has 158 valence electrons.